The number of esters is 1. The quantitative estimate of drug-likeness (QED) is 0.529. The van der Waals surface area contributed by atoms with E-state index >= 15 is 0 Å². The van der Waals surface area contributed by atoms with Crippen LogP contribution < -0.4 is 24.7 Å². The van der Waals surface area contributed by atoms with Crippen LogP contribution in [0.1, 0.15) is 72.3 Å². The molecule has 0 saturated heterocycles. The van der Waals surface area contributed by atoms with E-state index in [-0.39, 0.29) is 24.8 Å². The van der Waals surface area contributed by atoms with Gasteiger partial charge in [-0.1, -0.05) is 12.5 Å². The normalized spacial score (nSPS) is 20.6. The molecule has 8 nitrogen and oxygen atoms in total. The van der Waals surface area contributed by atoms with E-state index in [1.807, 2.05) is 6.07 Å². The van der Waals surface area contributed by atoms with Gasteiger partial charge >= 0.3 is 5.97 Å². The number of carbonyl (C=O) groups excluding carboxylic acids is 3. The predicted molar refractivity (Wildman–Crippen MR) is 122 cm³/mol. The van der Waals surface area contributed by atoms with Crippen molar-refractivity contribution in [1.29, 1.82) is 0 Å². The molecule has 0 unspecified atom stereocenters. The maximum Gasteiger partial charge on any atom is 0.312 e. The largest absolute Gasteiger partial charge is 0.493 e. The minimum Gasteiger partial charge on any atom is -0.493 e. The molecule has 3 aliphatic rings. The Hall–Kier alpha value is -3.55. The summed E-state index contributed by atoms with van der Waals surface area (Å²) in [5.74, 6) is 0.345. The molecule has 0 radical (unpaired) electrons. The summed E-state index contributed by atoms with van der Waals surface area (Å²) in [6.07, 6.45) is 5.30. The summed E-state index contributed by atoms with van der Waals surface area (Å²) in [6.45, 7) is -0.307. The van der Waals surface area contributed by atoms with Crippen LogP contribution in [0.2, 0.25) is 0 Å². The molecule has 2 aromatic carbocycles. The number of ketones is 1. The topological polar surface area (TPSA) is 114 Å². The van der Waals surface area contributed by atoms with Gasteiger partial charge in [0, 0.05) is 11.5 Å². The van der Waals surface area contributed by atoms with Crippen LogP contribution in [0.25, 0.3) is 0 Å². The van der Waals surface area contributed by atoms with Crippen molar-refractivity contribution in [3.05, 3.63) is 47.0 Å². The number of hydrogen-bond donors (Lipinski definition) is 1. The maximum absolute atomic E-state index is 13.2. The lowest BCUT2D eigenvalue weighted by Gasteiger charge is -2.42. The number of fused-ring (bicyclic) bond motifs is 3. The number of benzene rings is 2. The van der Waals surface area contributed by atoms with Crippen molar-refractivity contribution in [2.45, 2.75) is 56.5 Å². The summed E-state index contributed by atoms with van der Waals surface area (Å²) >= 11 is 0. The summed E-state index contributed by atoms with van der Waals surface area (Å²) in [6, 6.07) is 8.65. The Morgan fingerprint density at radius 3 is 2.65 bits per heavy atom. The molecule has 2 aromatic rings. The van der Waals surface area contributed by atoms with Crippen LogP contribution in [0.4, 0.5) is 0 Å². The van der Waals surface area contributed by atoms with Crippen LogP contribution in [-0.2, 0) is 9.59 Å². The van der Waals surface area contributed by atoms with E-state index in [4.69, 9.17) is 24.7 Å². The van der Waals surface area contributed by atoms with E-state index in [0.717, 1.165) is 37.7 Å². The molecule has 2 aliphatic heterocycles. The molecule has 1 amide bonds. The van der Waals surface area contributed by atoms with Gasteiger partial charge in [-0.25, -0.2) is 0 Å². The number of rotatable bonds is 5. The van der Waals surface area contributed by atoms with Gasteiger partial charge in [-0.2, -0.15) is 0 Å². The highest BCUT2D eigenvalue weighted by atomic mass is 16.5. The Bertz CT molecular complexity index is 1170. The Labute approximate surface area is 197 Å². The van der Waals surface area contributed by atoms with E-state index in [1.54, 1.807) is 24.3 Å². The number of ether oxygens (including phenoxy) is 4. The summed E-state index contributed by atoms with van der Waals surface area (Å²) in [4.78, 5) is 36.9. The van der Waals surface area contributed by atoms with Gasteiger partial charge in [0.25, 0.3) is 5.91 Å². The SMILES string of the molecule is COc1ccc([C@H]2CC(=O)Oc3ccc4c(c32)OC2(CCCCC2)CC4=O)cc1OCC(N)=O. The number of Topliss-reactive ketones (excluding diaryl/α,β-unsaturated/α-hetero) is 1. The number of hydrogen-bond acceptors (Lipinski definition) is 7. The molecule has 34 heavy (non-hydrogen) atoms. The minimum absolute atomic E-state index is 0.0572. The number of amides is 1. The van der Waals surface area contributed by atoms with Crippen molar-refractivity contribution in [3.63, 3.8) is 0 Å². The van der Waals surface area contributed by atoms with E-state index in [2.05, 4.69) is 0 Å². The fourth-order valence-corrected chi connectivity index (χ4v) is 5.33. The lowest BCUT2D eigenvalue weighted by molar-refractivity contribution is -0.135. The molecule has 0 aromatic heterocycles. The van der Waals surface area contributed by atoms with Crippen molar-refractivity contribution in [2.75, 3.05) is 13.7 Å². The lowest BCUT2D eigenvalue weighted by Crippen LogP contribution is -2.44. The Morgan fingerprint density at radius 2 is 1.91 bits per heavy atom. The molecule has 5 rings (SSSR count). The lowest BCUT2D eigenvalue weighted by atomic mass is 9.76. The Kier molecular flexibility index (Phi) is 5.67. The molecular weight excluding hydrogens is 438 g/mol. The predicted octanol–water partition coefficient (Wildman–Crippen LogP) is 3.67. The average Bonchev–Trinajstić information content (AvgIpc) is 2.82. The van der Waals surface area contributed by atoms with E-state index in [0.29, 0.717) is 40.5 Å². The molecule has 178 valence electrons. The molecule has 1 aliphatic carbocycles. The van der Waals surface area contributed by atoms with Gasteiger partial charge in [-0.05, 0) is 55.5 Å². The van der Waals surface area contributed by atoms with Crippen molar-refractivity contribution < 1.29 is 33.3 Å². The summed E-state index contributed by atoms with van der Waals surface area (Å²) < 4.78 is 23.1. The first-order chi connectivity index (χ1) is 16.4. The smallest absolute Gasteiger partial charge is 0.312 e. The fourth-order valence-electron chi connectivity index (χ4n) is 5.33. The molecule has 1 spiro atoms. The molecule has 8 heteroatoms. The zero-order valence-electron chi connectivity index (χ0n) is 19.1. The molecule has 1 atom stereocenters. The monoisotopic (exact) mass is 465 g/mol. The van der Waals surface area contributed by atoms with Gasteiger partial charge in [0.15, 0.2) is 23.9 Å². The highest BCUT2D eigenvalue weighted by Crippen LogP contribution is 2.51. The number of carbonyl (C=O) groups is 3. The zero-order chi connectivity index (χ0) is 23.9. The second kappa shape index (κ2) is 8.66. The zero-order valence-corrected chi connectivity index (χ0v) is 19.1. The maximum atomic E-state index is 13.2. The fraction of sp³-hybridized carbons (Fsp3) is 0.423. The van der Waals surface area contributed by atoms with Gasteiger partial charge < -0.3 is 24.7 Å². The van der Waals surface area contributed by atoms with Crippen molar-refractivity contribution >= 4 is 17.7 Å². The van der Waals surface area contributed by atoms with Crippen LogP contribution in [0.15, 0.2) is 30.3 Å². The summed E-state index contributed by atoms with van der Waals surface area (Å²) in [5.41, 5.74) is 6.71. The average molecular weight is 466 g/mol. The standard InChI is InChI=1S/C26H27NO7/c1-31-19-7-5-15(11-21(19)32-14-22(27)29)17-12-23(30)33-20-8-6-16-18(28)13-26(9-3-2-4-10-26)34-25(16)24(17)20/h5-8,11,17H,2-4,9-10,12-14H2,1H3,(H2,27,29)/t17-/m1/s1. The highest BCUT2D eigenvalue weighted by molar-refractivity contribution is 6.01. The molecule has 0 bridgehead atoms. The molecule has 1 saturated carbocycles. The van der Waals surface area contributed by atoms with Crippen LogP contribution in [0, 0.1) is 0 Å². The number of methoxy groups -OCH3 is 1. The summed E-state index contributed by atoms with van der Waals surface area (Å²) in [5, 5.41) is 0. The number of nitrogens with two attached hydrogens (primary N) is 1. The van der Waals surface area contributed by atoms with E-state index < -0.39 is 17.4 Å². The molecule has 2 heterocycles. The molecular formula is C26H27NO7. The second-order valence-corrected chi connectivity index (χ2v) is 9.20. The Balaban J connectivity index is 1.61. The minimum atomic E-state index is -0.613. The molecule has 1 fully saturated rings. The highest BCUT2D eigenvalue weighted by Gasteiger charge is 2.44. The van der Waals surface area contributed by atoms with Gasteiger partial charge in [-0.3, -0.25) is 14.4 Å². The van der Waals surface area contributed by atoms with E-state index in [9.17, 15) is 14.4 Å². The van der Waals surface area contributed by atoms with Crippen molar-refractivity contribution in [2.24, 2.45) is 5.73 Å². The van der Waals surface area contributed by atoms with Crippen LogP contribution in [-0.4, -0.2) is 37.0 Å². The first-order valence-corrected chi connectivity index (χ1v) is 11.6. The summed E-state index contributed by atoms with van der Waals surface area (Å²) in [7, 11) is 1.50. The third-order valence-corrected chi connectivity index (χ3v) is 6.93. The Morgan fingerprint density at radius 1 is 1.12 bits per heavy atom. The van der Waals surface area contributed by atoms with Gasteiger partial charge in [0.05, 0.1) is 25.5 Å². The van der Waals surface area contributed by atoms with Crippen molar-refractivity contribution in [3.8, 4) is 23.0 Å². The van der Waals surface area contributed by atoms with Gasteiger partial charge in [-0.15, -0.1) is 0 Å². The van der Waals surface area contributed by atoms with E-state index in [1.165, 1.54) is 7.11 Å². The van der Waals surface area contributed by atoms with Crippen LogP contribution in [0.5, 0.6) is 23.0 Å². The number of primary amides is 1. The van der Waals surface area contributed by atoms with Crippen LogP contribution >= 0.6 is 0 Å². The molecule has 2 N–H and O–H groups in total. The van der Waals surface area contributed by atoms with Crippen molar-refractivity contribution in [1.82, 2.24) is 0 Å². The first kappa shape index (κ1) is 22.3. The third-order valence-electron chi connectivity index (χ3n) is 6.93. The van der Waals surface area contributed by atoms with Gasteiger partial charge in [0.1, 0.15) is 17.1 Å². The van der Waals surface area contributed by atoms with Crippen LogP contribution in [0.3, 0.4) is 0 Å². The van der Waals surface area contributed by atoms with Gasteiger partial charge in [0.2, 0.25) is 0 Å². The third kappa shape index (κ3) is 3.97. The second-order valence-electron chi connectivity index (χ2n) is 9.20. The first-order valence-electron chi connectivity index (χ1n) is 11.6.